The number of rotatable bonds is 6. The highest BCUT2D eigenvalue weighted by Gasteiger charge is 2.24. The Bertz CT molecular complexity index is 468. The maximum absolute atomic E-state index is 12.9. The van der Waals surface area contributed by atoms with E-state index in [1.807, 2.05) is 6.92 Å². The molecule has 5 heteroatoms. The lowest BCUT2D eigenvalue weighted by Gasteiger charge is -2.29. The summed E-state index contributed by atoms with van der Waals surface area (Å²) in [6.07, 6.45) is 0.452. The molecule has 0 spiro atoms. The minimum absolute atomic E-state index is 0.126. The molecule has 0 saturated carbocycles. The molecule has 124 valence electrons. The van der Waals surface area contributed by atoms with E-state index in [1.54, 1.807) is 20.8 Å². The van der Waals surface area contributed by atoms with Crippen LogP contribution in [0.5, 0.6) is 0 Å². The Labute approximate surface area is 131 Å². The third-order valence-corrected chi connectivity index (χ3v) is 3.08. The second-order valence-corrected chi connectivity index (χ2v) is 6.35. The van der Waals surface area contributed by atoms with Gasteiger partial charge in [0.2, 0.25) is 0 Å². The summed E-state index contributed by atoms with van der Waals surface area (Å²) in [4.78, 5) is 13.7. The number of ether oxygens (including phenoxy) is 1. The number of hydrogen-bond donors (Lipinski definition) is 1. The van der Waals surface area contributed by atoms with E-state index in [9.17, 15) is 14.3 Å². The first-order valence-electron chi connectivity index (χ1n) is 7.64. The number of unbranched alkanes of at least 4 members (excludes halogenated alkanes) is 1. The highest BCUT2D eigenvalue weighted by atomic mass is 19.1. The smallest absolute Gasteiger partial charge is 0.410 e. The van der Waals surface area contributed by atoms with Gasteiger partial charge >= 0.3 is 6.09 Å². The molecule has 0 aliphatic rings. The zero-order valence-corrected chi connectivity index (χ0v) is 13.8. The molecule has 0 heterocycles. The van der Waals surface area contributed by atoms with Gasteiger partial charge in [-0.05, 0) is 44.9 Å². The van der Waals surface area contributed by atoms with Crippen LogP contribution < -0.4 is 0 Å². The Morgan fingerprint density at radius 2 is 1.91 bits per heavy atom. The molecule has 0 unspecified atom stereocenters. The number of hydrogen-bond acceptors (Lipinski definition) is 3. The van der Waals surface area contributed by atoms with Crippen LogP contribution in [0.2, 0.25) is 0 Å². The van der Waals surface area contributed by atoms with Gasteiger partial charge in [-0.3, -0.25) is 0 Å². The molecule has 1 rings (SSSR count). The Morgan fingerprint density at radius 3 is 2.41 bits per heavy atom. The van der Waals surface area contributed by atoms with Gasteiger partial charge in [0.1, 0.15) is 11.4 Å². The van der Waals surface area contributed by atoms with Crippen molar-refractivity contribution < 1.29 is 19.0 Å². The first kappa shape index (κ1) is 18.4. The van der Waals surface area contributed by atoms with E-state index in [-0.39, 0.29) is 12.4 Å². The van der Waals surface area contributed by atoms with Crippen LogP contribution in [0.3, 0.4) is 0 Å². The fraction of sp³-hybridized carbons (Fsp3) is 0.588. The molecule has 1 amide bonds. The summed E-state index contributed by atoms with van der Waals surface area (Å²) in [6, 6.07) is 5.63. The predicted molar refractivity (Wildman–Crippen MR) is 84.1 cm³/mol. The van der Waals surface area contributed by atoms with Crippen LogP contribution in [0.15, 0.2) is 24.3 Å². The van der Waals surface area contributed by atoms with E-state index in [0.717, 1.165) is 12.8 Å². The normalized spacial score (nSPS) is 12.8. The first-order valence-corrected chi connectivity index (χ1v) is 7.64. The third-order valence-electron chi connectivity index (χ3n) is 3.08. The lowest BCUT2D eigenvalue weighted by atomic mass is 10.1. The van der Waals surface area contributed by atoms with E-state index in [0.29, 0.717) is 12.1 Å². The summed E-state index contributed by atoms with van der Waals surface area (Å²) in [5, 5.41) is 10.3. The average molecular weight is 311 g/mol. The topological polar surface area (TPSA) is 49.8 Å². The van der Waals surface area contributed by atoms with Crippen LogP contribution in [0.25, 0.3) is 0 Å². The van der Waals surface area contributed by atoms with E-state index in [4.69, 9.17) is 4.74 Å². The molecule has 1 aromatic rings. The van der Waals surface area contributed by atoms with Gasteiger partial charge in [0.05, 0.1) is 12.6 Å². The average Bonchev–Trinajstić information content (AvgIpc) is 2.42. The van der Waals surface area contributed by atoms with Crippen LogP contribution in [0.4, 0.5) is 9.18 Å². The highest BCUT2D eigenvalue weighted by molar-refractivity contribution is 5.68. The third kappa shape index (κ3) is 6.43. The molecule has 1 atom stereocenters. The van der Waals surface area contributed by atoms with Crippen molar-refractivity contribution in [2.75, 3.05) is 13.1 Å². The quantitative estimate of drug-likeness (QED) is 0.867. The molecule has 0 aromatic heterocycles. The summed E-state index contributed by atoms with van der Waals surface area (Å²) >= 11 is 0. The van der Waals surface area contributed by atoms with Crippen LogP contribution in [0, 0.1) is 5.82 Å². The molecular formula is C17H26FNO3. The molecular weight excluding hydrogens is 285 g/mol. The number of carbonyl (C=O) groups excluding carboxylic acids is 1. The molecule has 0 aliphatic heterocycles. The van der Waals surface area contributed by atoms with Crippen molar-refractivity contribution in [3.8, 4) is 0 Å². The van der Waals surface area contributed by atoms with Crippen LogP contribution >= 0.6 is 0 Å². The van der Waals surface area contributed by atoms with Crippen molar-refractivity contribution in [1.29, 1.82) is 0 Å². The molecule has 4 nitrogen and oxygen atoms in total. The van der Waals surface area contributed by atoms with Crippen molar-refractivity contribution >= 4 is 6.09 Å². The molecule has 22 heavy (non-hydrogen) atoms. The van der Waals surface area contributed by atoms with Gasteiger partial charge in [0.25, 0.3) is 0 Å². The number of nitrogens with zero attached hydrogens (tertiary/aromatic N) is 1. The Kier molecular flexibility index (Phi) is 6.81. The fourth-order valence-electron chi connectivity index (χ4n) is 1.93. The Balaban J connectivity index is 2.74. The van der Waals surface area contributed by atoms with E-state index in [2.05, 4.69) is 0 Å². The lowest BCUT2D eigenvalue weighted by molar-refractivity contribution is 0.0141. The number of benzene rings is 1. The second kappa shape index (κ2) is 8.13. The number of aliphatic hydroxyl groups excluding tert-OH is 1. The van der Waals surface area contributed by atoms with E-state index in [1.165, 1.54) is 29.2 Å². The molecule has 0 saturated heterocycles. The zero-order valence-electron chi connectivity index (χ0n) is 13.8. The van der Waals surface area contributed by atoms with Crippen molar-refractivity contribution in [3.63, 3.8) is 0 Å². The predicted octanol–water partition coefficient (Wildman–Crippen LogP) is 3.90. The number of halogens is 1. The van der Waals surface area contributed by atoms with Crippen molar-refractivity contribution in [1.82, 2.24) is 4.90 Å². The van der Waals surface area contributed by atoms with Gasteiger partial charge in [-0.1, -0.05) is 25.5 Å². The number of aliphatic hydroxyl groups is 1. The fourth-order valence-corrected chi connectivity index (χ4v) is 1.93. The molecule has 0 bridgehead atoms. The van der Waals surface area contributed by atoms with Crippen LogP contribution in [-0.2, 0) is 4.74 Å². The van der Waals surface area contributed by atoms with Gasteiger partial charge in [0.15, 0.2) is 0 Å². The van der Waals surface area contributed by atoms with Gasteiger partial charge in [-0.15, -0.1) is 0 Å². The second-order valence-electron chi connectivity index (χ2n) is 6.35. The molecule has 1 aromatic carbocycles. The summed E-state index contributed by atoms with van der Waals surface area (Å²) in [5.74, 6) is -0.356. The van der Waals surface area contributed by atoms with Crippen molar-refractivity contribution in [2.24, 2.45) is 0 Å². The highest BCUT2D eigenvalue weighted by Crippen LogP contribution is 2.17. The molecule has 0 aliphatic carbocycles. The van der Waals surface area contributed by atoms with Crippen LogP contribution in [-0.4, -0.2) is 34.8 Å². The first-order chi connectivity index (χ1) is 10.2. The molecule has 0 fully saturated rings. The monoisotopic (exact) mass is 311 g/mol. The van der Waals surface area contributed by atoms with Crippen LogP contribution in [0.1, 0.15) is 52.2 Å². The summed E-state index contributed by atoms with van der Waals surface area (Å²) in [5.41, 5.74) is -0.00555. The summed E-state index contributed by atoms with van der Waals surface area (Å²) in [6.45, 7) is 8.09. The van der Waals surface area contributed by atoms with Gasteiger partial charge in [-0.2, -0.15) is 0 Å². The standard InChI is InChI=1S/C17H26FNO3/c1-5-6-11-19(16(21)22-17(2,3)4)12-15(20)13-7-9-14(18)10-8-13/h7-10,15,20H,5-6,11-12H2,1-4H3/t15-/m0/s1. The largest absolute Gasteiger partial charge is 0.444 e. The maximum atomic E-state index is 12.9. The van der Waals surface area contributed by atoms with E-state index >= 15 is 0 Å². The van der Waals surface area contributed by atoms with Gasteiger partial charge < -0.3 is 14.7 Å². The van der Waals surface area contributed by atoms with Gasteiger partial charge in [0, 0.05) is 6.54 Å². The SMILES string of the molecule is CCCCN(C[C@H](O)c1ccc(F)cc1)C(=O)OC(C)(C)C. The van der Waals surface area contributed by atoms with E-state index < -0.39 is 17.8 Å². The number of amides is 1. The minimum atomic E-state index is -0.870. The minimum Gasteiger partial charge on any atom is -0.444 e. The van der Waals surface area contributed by atoms with Crippen molar-refractivity contribution in [2.45, 2.75) is 52.2 Å². The molecule has 1 N–H and O–H groups in total. The van der Waals surface area contributed by atoms with Gasteiger partial charge in [-0.25, -0.2) is 9.18 Å². The lowest BCUT2D eigenvalue weighted by Crippen LogP contribution is -2.39. The van der Waals surface area contributed by atoms with Crippen molar-refractivity contribution in [3.05, 3.63) is 35.6 Å². The molecule has 0 radical (unpaired) electrons. The summed E-state index contributed by atoms with van der Waals surface area (Å²) in [7, 11) is 0. The summed E-state index contributed by atoms with van der Waals surface area (Å²) < 4.78 is 18.3. The zero-order chi connectivity index (χ0) is 16.8. The Hall–Kier alpha value is -1.62. The Morgan fingerprint density at radius 1 is 1.32 bits per heavy atom. The number of carbonyl (C=O) groups is 1. The maximum Gasteiger partial charge on any atom is 0.410 e.